The zero-order valence-electron chi connectivity index (χ0n) is 13.1. The van der Waals surface area contributed by atoms with Crippen LogP contribution < -0.4 is 14.8 Å². The van der Waals surface area contributed by atoms with Crippen molar-refractivity contribution in [3.05, 3.63) is 29.8 Å². The molecule has 0 saturated heterocycles. The smallest absolute Gasteiger partial charge is 0.235 e. The lowest BCUT2D eigenvalue weighted by molar-refractivity contribution is -0.119. The van der Waals surface area contributed by atoms with Crippen molar-refractivity contribution in [2.75, 3.05) is 26.0 Å². The second-order valence-corrected chi connectivity index (χ2v) is 6.83. The van der Waals surface area contributed by atoms with Crippen molar-refractivity contribution in [2.45, 2.75) is 26.2 Å². The van der Waals surface area contributed by atoms with E-state index in [4.69, 9.17) is 4.74 Å². The van der Waals surface area contributed by atoms with Crippen LogP contribution in [0.25, 0.3) is 0 Å². The Labute approximate surface area is 132 Å². The number of unbranched alkanes of at least 4 members (excludes halogenated alkanes) is 1. The third-order valence-corrected chi connectivity index (χ3v) is 4.54. The Morgan fingerprint density at radius 2 is 2.00 bits per heavy atom. The van der Waals surface area contributed by atoms with Crippen molar-refractivity contribution < 1.29 is 17.9 Å². The molecule has 0 aromatic heterocycles. The molecular weight excluding hydrogens is 304 g/mol. The summed E-state index contributed by atoms with van der Waals surface area (Å²) in [5.74, 6) is 0.491. The molecule has 0 unspecified atom stereocenters. The van der Waals surface area contributed by atoms with Crippen molar-refractivity contribution in [1.29, 1.82) is 0 Å². The average molecular weight is 328 g/mol. The minimum absolute atomic E-state index is 0.0536. The monoisotopic (exact) mass is 328 g/mol. The lowest BCUT2D eigenvalue weighted by Gasteiger charge is -2.10. The van der Waals surface area contributed by atoms with Crippen LogP contribution in [0.5, 0.6) is 5.75 Å². The van der Waals surface area contributed by atoms with E-state index in [-0.39, 0.29) is 18.2 Å². The molecule has 6 nitrogen and oxygen atoms in total. The third-order valence-electron chi connectivity index (χ3n) is 3.13. The van der Waals surface area contributed by atoms with E-state index in [1.807, 2.05) is 31.2 Å². The molecular formula is C15H24N2O4S. The van der Waals surface area contributed by atoms with Gasteiger partial charge in [0.25, 0.3) is 0 Å². The second-order valence-electron chi connectivity index (χ2n) is 4.91. The first-order valence-corrected chi connectivity index (χ1v) is 8.99. The number of carbonyl (C=O) groups is 1. The summed E-state index contributed by atoms with van der Waals surface area (Å²) >= 11 is 0. The molecule has 7 heteroatoms. The van der Waals surface area contributed by atoms with Crippen LogP contribution in [0.15, 0.2) is 24.3 Å². The number of hydrogen-bond donors (Lipinski definition) is 2. The highest BCUT2D eigenvalue weighted by Crippen LogP contribution is 2.17. The maximum atomic E-state index is 11.6. The van der Waals surface area contributed by atoms with E-state index in [2.05, 4.69) is 10.0 Å². The van der Waals surface area contributed by atoms with Crippen LogP contribution >= 0.6 is 0 Å². The number of sulfonamides is 1. The van der Waals surface area contributed by atoms with Gasteiger partial charge in [-0.05, 0) is 24.5 Å². The number of para-hydroxylation sites is 1. The average Bonchev–Trinajstić information content (AvgIpc) is 2.51. The summed E-state index contributed by atoms with van der Waals surface area (Å²) in [7, 11) is -1.76. The van der Waals surface area contributed by atoms with Gasteiger partial charge in [0.2, 0.25) is 15.9 Å². The SMILES string of the molecule is CCCCS(=O)(=O)NCC(=O)NCCc1ccccc1OC. The number of hydrogen-bond acceptors (Lipinski definition) is 4. The predicted molar refractivity (Wildman–Crippen MR) is 86.4 cm³/mol. The minimum atomic E-state index is -3.36. The summed E-state index contributed by atoms with van der Waals surface area (Å²) in [6, 6.07) is 7.57. The number of carbonyl (C=O) groups excluding carboxylic acids is 1. The number of nitrogens with one attached hydrogen (secondary N) is 2. The molecule has 0 aliphatic heterocycles. The van der Waals surface area contributed by atoms with E-state index in [9.17, 15) is 13.2 Å². The first-order chi connectivity index (χ1) is 10.5. The van der Waals surface area contributed by atoms with E-state index in [0.29, 0.717) is 19.4 Å². The Balaban J connectivity index is 2.32. The van der Waals surface area contributed by atoms with Gasteiger partial charge in [-0.3, -0.25) is 4.79 Å². The van der Waals surface area contributed by atoms with Crippen LogP contribution in [0, 0.1) is 0 Å². The van der Waals surface area contributed by atoms with Gasteiger partial charge in [0.05, 0.1) is 19.4 Å². The summed E-state index contributed by atoms with van der Waals surface area (Å²) in [5.41, 5.74) is 0.994. The molecule has 0 spiro atoms. The van der Waals surface area contributed by atoms with Crippen LogP contribution in [0.2, 0.25) is 0 Å². The van der Waals surface area contributed by atoms with E-state index in [1.165, 1.54) is 0 Å². The fraction of sp³-hybridized carbons (Fsp3) is 0.533. The summed E-state index contributed by atoms with van der Waals surface area (Å²) < 4.78 is 30.7. The Kier molecular flexibility index (Phi) is 7.90. The molecule has 22 heavy (non-hydrogen) atoms. The highest BCUT2D eigenvalue weighted by atomic mass is 32.2. The summed E-state index contributed by atoms with van der Waals surface area (Å²) in [6.45, 7) is 2.12. The second kappa shape index (κ2) is 9.42. The molecule has 0 heterocycles. The van der Waals surface area contributed by atoms with Crippen LogP contribution in [0.4, 0.5) is 0 Å². The number of ether oxygens (including phenoxy) is 1. The number of benzene rings is 1. The van der Waals surface area contributed by atoms with Crippen LogP contribution in [0.1, 0.15) is 25.3 Å². The topological polar surface area (TPSA) is 84.5 Å². The van der Waals surface area contributed by atoms with Gasteiger partial charge >= 0.3 is 0 Å². The van der Waals surface area contributed by atoms with Gasteiger partial charge in [0.1, 0.15) is 5.75 Å². The van der Waals surface area contributed by atoms with Crippen molar-refractivity contribution in [3.8, 4) is 5.75 Å². The van der Waals surface area contributed by atoms with Crippen molar-refractivity contribution in [3.63, 3.8) is 0 Å². The van der Waals surface area contributed by atoms with Crippen LogP contribution in [-0.2, 0) is 21.2 Å². The molecule has 2 N–H and O–H groups in total. The highest BCUT2D eigenvalue weighted by Gasteiger charge is 2.11. The van der Waals surface area contributed by atoms with Gasteiger partial charge in [-0.1, -0.05) is 31.5 Å². The Hall–Kier alpha value is -1.60. The molecule has 1 amide bonds. The van der Waals surface area contributed by atoms with Gasteiger partial charge in [-0.2, -0.15) is 0 Å². The van der Waals surface area contributed by atoms with Crippen molar-refractivity contribution >= 4 is 15.9 Å². The van der Waals surface area contributed by atoms with E-state index in [1.54, 1.807) is 7.11 Å². The lowest BCUT2D eigenvalue weighted by atomic mass is 10.1. The predicted octanol–water partition coefficient (Wildman–Crippen LogP) is 1.07. The van der Waals surface area contributed by atoms with E-state index < -0.39 is 10.0 Å². The lowest BCUT2D eigenvalue weighted by Crippen LogP contribution is -2.38. The van der Waals surface area contributed by atoms with Gasteiger partial charge in [-0.25, -0.2) is 13.1 Å². The number of amides is 1. The van der Waals surface area contributed by atoms with E-state index >= 15 is 0 Å². The Morgan fingerprint density at radius 3 is 2.68 bits per heavy atom. The molecule has 124 valence electrons. The van der Waals surface area contributed by atoms with Crippen molar-refractivity contribution in [1.82, 2.24) is 10.0 Å². The molecule has 0 aliphatic rings. The standard InChI is InChI=1S/C15H24N2O4S/c1-3-4-11-22(19,20)17-12-15(18)16-10-9-13-7-5-6-8-14(13)21-2/h5-8,17H,3-4,9-12H2,1-2H3,(H,16,18). The fourth-order valence-corrected chi connectivity index (χ4v) is 3.05. The Morgan fingerprint density at radius 1 is 1.27 bits per heavy atom. The number of rotatable bonds is 10. The molecule has 0 bridgehead atoms. The van der Waals surface area contributed by atoms with E-state index in [0.717, 1.165) is 17.7 Å². The quantitative estimate of drug-likeness (QED) is 0.673. The zero-order valence-corrected chi connectivity index (χ0v) is 13.9. The van der Waals surface area contributed by atoms with Crippen LogP contribution in [-0.4, -0.2) is 40.3 Å². The molecule has 1 aromatic rings. The third kappa shape index (κ3) is 6.91. The molecule has 1 rings (SSSR count). The number of methoxy groups -OCH3 is 1. The van der Waals surface area contributed by atoms with Crippen LogP contribution in [0.3, 0.4) is 0 Å². The summed E-state index contributed by atoms with van der Waals surface area (Å²) in [6.07, 6.45) is 2.01. The maximum Gasteiger partial charge on any atom is 0.235 e. The normalized spacial score (nSPS) is 11.2. The minimum Gasteiger partial charge on any atom is -0.496 e. The van der Waals surface area contributed by atoms with Crippen molar-refractivity contribution in [2.24, 2.45) is 0 Å². The summed E-state index contributed by atoms with van der Waals surface area (Å²) in [5, 5.41) is 2.69. The van der Waals surface area contributed by atoms with Gasteiger partial charge in [0.15, 0.2) is 0 Å². The molecule has 0 atom stereocenters. The molecule has 0 aliphatic carbocycles. The first-order valence-electron chi connectivity index (χ1n) is 7.34. The Bertz CT molecular complexity index is 573. The molecule has 1 aromatic carbocycles. The van der Waals surface area contributed by atoms with Gasteiger partial charge in [-0.15, -0.1) is 0 Å². The fourth-order valence-electron chi connectivity index (χ4n) is 1.89. The van der Waals surface area contributed by atoms with Gasteiger partial charge in [0, 0.05) is 6.54 Å². The zero-order chi connectivity index (χ0) is 16.4. The first kappa shape index (κ1) is 18.4. The largest absolute Gasteiger partial charge is 0.496 e. The summed E-state index contributed by atoms with van der Waals surface area (Å²) in [4.78, 5) is 11.6. The molecule has 0 saturated carbocycles. The highest BCUT2D eigenvalue weighted by molar-refractivity contribution is 7.89. The maximum absolute atomic E-state index is 11.6. The molecule has 0 fully saturated rings. The van der Waals surface area contributed by atoms with Gasteiger partial charge < -0.3 is 10.1 Å². The molecule has 0 radical (unpaired) electrons.